The number of carbonyl (C=O) groups excluding carboxylic acids is 1. The maximum absolute atomic E-state index is 12.5. The van der Waals surface area contributed by atoms with E-state index in [0.29, 0.717) is 55.9 Å². The molecule has 1 fully saturated rings. The number of rotatable bonds is 4. The first kappa shape index (κ1) is 16.3. The van der Waals surface area contributed by atoms with Crippen LogP contribution < -0.4 is 9.64 Å². The summed E-state index contributed by atoms with van der Waals surface area (Å²) in [5.41, 5.74) is 1.50. The van der Waals surface area contributed by atoms with Crippen LogP contribution in [0.2, 0.25) is 0 Å². The zero-order valence-electron chi connectivity index (χ0n) is 14.3. The minimum absolute atomic E-state index is 0.0149. The first-order valence-electron chi connectivity index (χ1n) is 8.15. The minimum Gasteiger partial charge on any atom is -0.478 e. The van der Waals surface area contributed by atoms with Gasteiger partial charge in [-0.3, -0.25) is 4.79 Å². The lowest BCUT2D eigenvalue weighted by Gasteiger charge is -2.34. The molecule has 0 saturated carbocycles. The third kappa shape index (κ3) is 3.34. The molecular formula is C17H22N4O3. The second kappa shape index (κ2) is 6.90. The predicted octanol–water partition coefficient (Wildman–Crippen LogP) is 2.05. The van der Waals surface area contributed by atoms with Crippen LogP contribution in [0.15, 0.2) is 22.8 Å². The monoisotopic (exact) mass is 330 g/mol. The molecule has 1 aliphatic heterocycles. The highest BCUT2D eigenvalue weighted by molar-refractivity contribution is 5.95. The summed E-state index contributed by atoms with van der Waals surface area (Å²) in [5.74, 6) is 1.92. The lowest BCUT2D eigenvalue weighted by atomic mass is 10.2. The average molecular weight is 330 g/mol. The van der Waals surface area contributed by atoms with Gasteiger partial charge in [-0.15, -0.1) is 0 Å². The van der Waals surface area contributed by atoms with Crippen LogP contribution in [0.4, 0.5) is 5.95 Å². The Kier molecular flexibility index (Phi) is 4.69. The van der Waals surface area contributed by atoms with Gasteiger partial charge < -0.3 is 19.0 Å². The van der Waals surface area contributed by atoms with Gasteiger partial charge in [-0.1, -0.05) is 0 Å². The quantitative estimate of drug-likeness (QED) is 0.854. The van der Waals surface area contributed by atoms with E-state index in [2.05, 4.69) is 14.9 Å². The molecule has 0 bridgehead atoms. The molecule has 0 radical (unpaired) electrons. The van der Waals surface area contributed by atoms with Crippen molar-refractivity contribution in [1.29, 1.82) is 0 Å². The van der Waals surface area contributed by atoms with Crippen LogP contribution in [0, 0.1) is 13.8 Å². The molecule has 0 N–H and O–H groups in total. The van der Waals surface area contributed by atoms with E-state index in [1.54, 1.807) is 19.3 Å². The molecule has 3 rings (SSSR count). The lowest BCUT2D eigenvalue weighted by Crippen LogP contribution is -2.49. The molecule has 0 aromatic carbocycles. The van der Waals surface area contributed by atoms with Gasteiger partial charge >= 0.3 is 0 Å². The highest BCUT2D eigenvalue weighted by Crippen LogP contribution is 2.19. The summed E-state index contributed by atoms with van der Waals surface area (Å²) < 4.78 is 10.7. The number of aromatic nitrogens is 2. The largest absolute Gasteiger partial charge is 0.478 e. The van der Waals surface area contributed by atoms with Crippen molar-refractivity contribution in [2.45, 2.75) is 20.8 Å². The lowest BCUT2D eigenvalue weighted by molar-refractivity contribution is 0.0744. The summed E-state index contributed by atoms with van der Waals surface area (Å²) in [6.45, 7) is 8.88. The SMILES string of the molecule is CCOc1cc(C)nc(N2CCN(C(=O)c3ccoc3C)CC2)n1. The van der Waals surface area contributed by atoms with Gasteiger partial charge in [0.2, 0.25) is 11.8 Å². The maximum atomic E-state index is 12.5. The van der Waals surface area contributed by atoms with E-state index in [1.807, 2.05) is 24.8 Å². The Morgan fingerprint density at radius 1 is 1.25 bits per heavy atom. The van der Waals surface area contributed by atoms with Gasteiger partial charge in [0, 0.05) is 37.9 Å². The van der Waals surface area contributed by atoms with E-state index in [4.69, 9.17) is 9.15 Å². The first-order valence-corrected chi connectivity index (χ1v) is 8.15. The number of anilines is 1. The molecule has 1 saturated heterocycles. The zero-order valence-corrected chi connectivity index (χ0v) is 14.3. The molecule has 24 heavy (non-hydrogen) atoms. The van der Waals surface area contributed by atoms with Gasteiger partial charge in [-0.05, 0) is 26.8 Å². The van der Waals surface area contributed by atoms with Gasteiger partial charge in [0.05, 0.1) is 18.4 Å². The van der Waals surface area contributed by atoms with Crippen molar-refractivity contribution >= 4 is 11.9 Å². The van der Waals surface area contributed by atoms with Crippen molar-refractivity contribution in [3.05, 3.63) is 35.4 Å². The Bertz CT molecular complexity index is 720. The molecule has 0 aliphatic carbocycles. The maximum Gasteiger partial charge on any atom is 0.257 e. The van der Waals surface area contributed by atoms with E-state index in [0.717, 1.165) is 5.69 Å². The van der Waals surface area contributed by atoms with Crippen molar-refractivity contribution in [2.75, 3.05) is 37.7 Å². The van der Waals surface area contributed by atoms with E-state index < -0.39 is 0 Å². The molecule has 1 amide bonds. The molecule has 2 aromatic heterocycles. The van der Waals surface area contributed by atoms with Crippen LogP contribution in [0.25, 0.3) is 0 Å². The molecule has 7 nitrogen and oxygen atoms in total. The van der Waals surface area contributed by atoms with Crippen LogP contribution in [0.1, 0.15) is 28.7 Å². The van der Waals surface area contributed by atoms with Gasteiger partial charge in [-0.2, -0.15) is 4.98 Å². The highest BCUT2D eigenvalue weighted by atomic mass is 16.5. The second-order valence-corrected chi connectivity index (χ2v) is 5.75. The molecule has 7 heteroatoms. The van der Waals surface area contributed by atoms with Crippen LogP contribution in [-0.2, 0) is 0 Å². The van der Waals surface area contributed by atoms with E-state index in [9.17, 15) is 4.79 Å². The fourth-order valence-electron chi connectivity index (χ4n) is 2.77. The number of piperazine rings is 1. The number of hydrogen-bond acceptors (Lipinski definition) is 6. The molecule has 3 heterocycles. The molecular weight excluding hydrogens is 308 g/mol. The summed E-state index contributed by atoms with van der Waals surface area (Å²) in [7, 11) is 0. The summed E-state index contributed by atoms with van der Waals surface area (Å²) >= 11 is 0. The number of carbonyl (C=O) groups is 1. The van der Waals surface area contributed by atoms with E-state index in [-0.39, 0.29) is 5.91 Å². The Hall–Kier alpha value is -2.57. The van der Waals surface area contributed by atoms with Crippen molar-refractivity contribution in [1.82, 2.24) is 14.9 Å². The molecule has 2 aromatic rings. The minimum atomic E-state index is 0.0149. The number of ether oxygens (including phenoxy) is 1. The molecule has 0 unspecified atom stereocenters. The Morgan fingerprint density at radius 2 is 2.00 bits per heavy atom. The molecule has 0 spiro atoms. The third-order valence-electron chi connectivity index (χ3n) is 4.05. The van der Waals surface area contributed by atoms with Crippen molar-refractivity contribution < 1.29 is 13.9 Å². The van der Waals surface area contributed by atoms with Gasteiger partial charge in [0.15, 0.2) is 0 Å². The fraction of sp³-hybridized carbons (Fsp3) is 0.471. The number of aryl methyl sites for hydroxylation is 2. The summed E-state index contributed by atoms with van der Waals surface area (Å²) in [4.78, 5) is 25.4. The van der Waals surface area contributed by atoms with Crippen LogP contribution >= 0.6 is 0 Å². The number of nitrogens with zero attached hydrogens (tertiary/aromatic N) is 4. The zero-order chi connectivity index (χ0) is 17.1. The summed E-state index contributed by atoms with van der Waals surface area (Å²) in [6.07, 6.45) is 1.55. The summed E-state index contributed by atoms with van der Waals surface area (Å²) in [5, 5.41) is 0. The Morgan fingerprint density at radius 3 is 2.62 bits per heavy atom. The van der Waals surface area contributed by atoms with Crippen molar-refractivity contribution in [2.24, 2.45) is 0 Å². The summed E-state index contributed by atoms with van der Waals surface area (Å²) in [6, 6.07) is 3.55. The smallest absolute Gasteiger partial charge is 0.257 e. The van der Waals surface area contributed by atoms with Crippen molar-refractivity contribution in [3.63, 3.8) is 0 Å². The number of hydrogen-bond donors (Lipinski definition) is 0. The predicted molar refractivity (Wildman–Crippen MR) is 89.5 cm³/mol. The van der Waals surface area contributed by atoms with Gasteiger partial charge in [0.25, 0.3) is 5.91 Å². The Labute approximate surface area is 141 Å². The molecule has 1 aliphatic rings. The standard InChI is InChI=1S/C17H22N4O3/c1-4-23-15-11-12(2)18-17(19-15)21-8-6-20(7-9-21)16(22)14-5-10-24-13(14)3/h5,10-11H,4,6-9H2,1-3H3. The fourth-order valence-corrected chi connectivity index (χ4v) is 2.77. The number of amides is 1. The highest BCUT2D eigenvalue weighted by Gasteiger charge is 2.25. The van der Waals surface area contributed by atoms with Gasteiger partial charge in [0.1, 0.15) is 5.76 Å². The average Bonchev–Trinajstić information content (AvgIpc) is 3.00. The first-order chi connectivity index (χ1) is 11.6. The Balaban J connectivity index is 1.67. The number of furan rings is 1. The topological polar surface area (TPSA) is 71.7 Å². The van der Waals surface area contributed by atoms with Gasteiger partial charge in [-0.25, -0.2) is 4.98 Å². The van der Waals surface area contributed by atoms with Crippen LogP contribution in [0.5, 0.6) is 5.88 Å². The van der Waals surface area contributed by atoms with E-state index in [1.165, 1.54) is 0 Å². The third-order valence-corrected chi connectivity index (χ3v) is 4.05. The van der Waals surface area contributed by atoms with Crippen LogP contribution in [0.3, 0.4) is 0 Å². The van der Waals surface area contributed by atoms with E-state index >= 15 is 0 Å². The second-order valence-electron chi connectivity index (χ2n) is 5.75. The molecule has 0 atom stereocenters. The van der Waals surface area contributed by atoms with Crippen LogP contribution in [-0.4, -0.2) is 53.6 Å². The molecule has 128 valence electrons. The normalized spacial score (nSPS) is 14.8. The van der Waals surface area contributed by atoms with Crippen molar-refractivity contribution in [3.8, 4) is 5.88 Å².